The van der Waals surface area contributed by atoms with Gasteiger partial charge in [-0.15, -0.1) is 0 Å². The highest BCUT2D eigenvalue weighted by molar-refractivity contribution is 5.87. The van der Waals surface area contributed by atoms with Gasteiger partial charge in [0.15, 0.2) is 0 Å². The van der Waals surface area contributed by atoms with E-state index in [0.29, 0.717) is 6.42 Å². The van der Waals surface area contributed by atoms with Crippen LogP contribution in [0.2, 0.25) is 0 Å². The maximum Gasteiger partial charge on any atom is 0.460 e. The molecule has 2 nitrogen and oxygen atoms in total. The second-order valence-corrected chi connectivity index (χ2v) is 4.91. The minimum absolute atomic E-state index is 0.0171. The van der Waals surface area contributed by atoms with Gasteiger partial charge in [0.1, 0.15) is 0 Å². The lowest BCUT2D eigenvalue weighted by Gasteiger charge is -2.27. The SMILES string of the molecule is C=C(C)C(=O)OC(F)(CCCCCCCC)C(F)(F)F. The third-order valence-corrected chi connectivity index (χ3v) is 2.88. The number of alkyl halides is 4. The number of carbonyl (C=O) groups excluding carboxylic acids is 1. The molecule has 0 radical (unpaired) electrons. The van der Waals surface area contributed by atoms with Gasteiger partial charge >= 0.3 is 18.0 Å². The van der Waals surface area contributed by atoms with Crippen LogP contribution < -0.4 is 0 Å². The Balaban J connectivity index is 4.42. The third-order valence-electron chi connectivity index (χ3n) is 2.88. The maximum absolute atomic E-state index is 13.9. The minimum atomic E-state index is -5.23. The van der Waals surface area contributed by atoms with Gasteiger partial charge in [-0.1, -0.05) is 45.6 Å². The normalized spacial score (nSPS) is 14.7. The Morgan fingerprint density at radius 1 is 1.05 bits per heavy atom. The number of hydrogen-bond acceptors (Lipinski definition) is 2. The summed E-state index contributed by atoms with van der Waals surface area (Å²) >= 11 is 0. The van der Waals surface area contributed by atoms with Crippen LogP contribution in [-0.4, -0.2) is 18.0 Å². The van der Waals surface area contributed by atoms with E-state index >= 15 is 0 Å². The van der Waals surface area contributed by atoms with Crippen LogP contribution in [0.25, 0.3) is 0 Å². The molecule has 0 amide bonds. The van der Waals surface area contributed by atoms with Crippen molar-refractivity contribution >= 4 is 5.97 Å². The van der Waals surface area contributed by atoms with Crippen LogP contribution in [0.5, 0.6) is 0 Å². The Kier molecular flexibility index (Phi) is 7.83. The van der Waals surface area contributed by atoms with Gasteiger partial charge < -0.3 is 4.74 Å². The molecule has 0 saturated heterocycles. The number of rotatable bonds is 9. The fraction of sp³-hybridized carbons (Fsp3) is 0.786. The average molecular weight is 298 g/mol. The first-order valence-electron chi connectivity index (χ1n) is 6.78. The van der Waals surface area contributed by atoms with Crippen molar-refractivity contribution in [3.63, 3.8) is 0 Å². The van der Waals surface area contributed by atoms with Crippen molar-refractivity contribution in [2.75, 3.05) is 0 Å². The predicted molar refractivity (Wildman–Crippen MR) is 68.8 cm³/mol. The Morgan fingerprint density at radius 2 is 1.55 bits per heavy atom. The summed E-state index contributed by atoms with van der Waals surface area (Å²) in [4.78, 5) is 11.1. The van der Waals surface area contributed by atoms with Crippen LogP contribution in [0, 0.1) is 0 Å². The molecule has 118 valence electrons. The van der Waals surface area contributed by atoms with Crippen LogP contribution in [0.3, 0.4) is 0 Å². The standard InChI is InChI=1S/C14H22F4O2/c1-4-5-6-7-8-9-10-13(15,14(16,17)18)20-12(19)11(2)3/h2,4-10H2,1,3H3. The van der Waals surface area contributed by atoms with Gasteiger partial charge in [0.25, 0.3) is 0 Å². The van der Waals surface area contributed by atoms with Crippen LogP contribution in [0.15, 0.2) is 12.2 Å². The van der Waals surface area contributed by atoms with Crippen LogP contribution in [0.1, 0.15) is 58.8 Å². The Bertz CT molecular complexity index is 326. The van der Waals surface area contributed by atoms with E-state index in [9.17, 15) is 22.4 Å². The number of esters is 1. The molecular formula is C14H22F4O2. The highest BCUT2D eigenvalue weighted by Gasteiger charge is 2.59. The molecule has 0 aliphatic rings. The van der Waals surface area contributed by atoms with Crippen LogP contribution >= 0.6 is 0 Å². The second kappa shape index (κ2) is 8.27. The summed E-state index contributed by atoms with van der Waals surface area (Å²) in [7, 11) is 0. The van der Waals surface area contributed by atoms with Gasteiger partial charge in [0.2, 0.25) is 0 Å². The van der Waals surface area contributed by atoms with Gasteiger partial charge in [0.05, 0.1) is 0 Å². The zero-order valence-electron chi connectivity index (χ0n) is 12.0. The molecule has 0 N–H and O–H groups in total. The fourth-order valence-electron chi connectivity index (χ4n) is 1.62. The van der Waals surface area contributed by atoms with Crippen molar-refractivity contribution in [2.45, 2.75) is 70.8 Å². The molecule has 1 atom stereocenters. The van der Waals surface area contributed by atoms with E-state index in [2.05, 4.69) is 11.3 Å². The van der Waals surface area contributed by atoms with Crippen molar-refractivity contribution in [3.05, 3.63) is 12.2 Å². The van der Waals surface area contributed by atoms with Crippen molar-refractivity contribution in [3.8, 4) is 0 Å². The zero-order valence-corrected chi connectivity index (χ0v) is 12.0. The lowest BCUT2D eigenvalue weighted by molar-refractivity contribution is -0.321. The fourth-order valence-corrected chi connectivity index (χ4v) is 1.62. The van der Waals surface area contributed by atoms with Gasteiger partial charge in [-0.3, -0.25) is 0 Å². The van der Waals surface area contributed by atoms with Gasteiger partial charge in [-0.2, -0.15) is 17.6 Å². The lowest BCUT2D eigenvalue weighted by atomic mass is 10.1. The van der Waals surface area contributed by atoms with E-state index in [1.54, 1.807) is 0 Å². The molecule has 0 heterocycles. The van der Waals surface area contributed by atoms with E-state index in [0.717, 1.165) is 25.7 Å². The molecule has 0 aliphatic heterocycles. The minimum Gasteiger partial charge on any atom is -0.416 e. The van der Waals surface area contributed by atoms with Gasteiger partial charge in [0, 0.05) is 12.0 Å². The summed E-state index contributed by atoms with van der Waals surface area (Å²) < 4.78 is 55.9. The van der Waals surface area contributed by atoms with Crippen molar-refractivity contribution in [1.82, 2.24) is 0 Å². The highest BCUT2D eigenvalue weighted by Crippen LogP contribution is 2.39. The van der Waals surface area contributed by atoms with Crippen LogP contribution in [0.4, 0.5) is 17.6 Å². The maximum atomic E-state index is 13.9. The monoisotopic (exact) mass is 298 g/mol. The first-order chi connectivity index (χ1) is 9.14. The van der Waals surface area contributed by atoms with E-state index in [1.807, 2.05) is 6.92 Å². The Labute approximate surface area is 117 Å². The predicted octanol–water partition coefficient (Wildman–Crippen LogP) is 5.08. The molecule has 0 rings (SSSR count). The highest BCUT2D eigenvalue weighted by atomic mass is 19.4. The van der Waals surface area contributed by atoms with Crippen molar-refractivity contribution in [1.29, 1.82) is 0 Å². The lowest BCUT2D eigenvalue weighted by Crippen LogP contribution is -2.45. The summed E-state index contributed by atoms with van der Waals surface area (Å²) in [6, 6.07) is 0. The molecule has 0 bridgehead atoms. The molecule has 0 spiro atoms. The quantitative estimate of drug-likeness (QED) is 0.257. The van der Waals surface area contributed by atoms with Gasteiger partial charge in [-0.05, 0) is 13.3 Å². The largest absolute Gasteiger partial charge is 0.460 e. The molecular weight excluding hydrogens is 276 g/mol. The molecule has 0 saturated carbocycles. The second-order valence-electron chi connectivity index (χ2n) is 4.91. The van der Waals surface area contributed by atoms with E-state index in [4.69, 9.17) is 0 Å². The summed E-state index contributed by atoms with van der Waals surface area (Å²) in [5.74, 6) is -5.29. The van der Waals surface area contributed by atoms with E-state index in [1.165, 1.54) is 6.92 Å². The number of carbonyl (C=O) groups is 1. The number of ether oxygens (including phenoxy) is 1. The molecule has 0 aromatic carbocycles. The topological polar surface area (TPSA) is 26.3 Å². The van der Waals surface area contributed by atoms with E-state index < -0.39 is 24.4 Å². The molecule has 1 unspecified atom stereocenters. The van der Waals surface area contributed by atoms with Crippen molar-refractivity contribution < 1.29 is 27.1 Å². The van der Waals surface area contributed by atoms with Crippen LogP contribution in [-0.2, 0) is 9.53 Å². The number of hydrogen-bond donors (Lipinski definition) is 0. The molecule has 0 aromatic rings. The zero-order chi connectivity index (χ0) is 15.8. The Morgan fingerprint density at radius 3 is 2.00 bits per heavy atom. The smallest absolute Gasteiger partial charge is 0.416 e. The van der Waals surface area contributed by atoms with Crippen molar-refractivity contribution in [2.24, 2.45) is 0 Å². The molecule has 6 heteroatoms. The first kappa shape index (κ1) is 18.9. The molecule has 0 aliphatic carbocycles. The third kappa shape index (κ3) is 6.39. The summed E-state index contributed by atoms with van der Waals surface area (Å²) in [5.41, 5.74) is -0.265. The summed E-state index contributed by atoms with van der Waals surface area (Å²) in [6.07, 6.45) is -1.93. The molecule has 20 heavy (non-hydrogen) atoms. The molecule has 0 aromatic heterocycles. The Hall–Kier alpha value is -1.07. The first-order valence-corrected chi connectivity index (χ1v) is 6.78. The summed E-state index contributed by atoms with van der Waals surface area (Å²) in [5, 5.41) is 0. The average Bonchev–Trinajstić information content (AvgIpc) is 2.32. The summed E-state index contributed by atoms with van der Waals surface area (Å²) in [6.45, 7) is 6.33. The number of halogens is 4. The van der Waals surface area contributed by atoms with E-state index in [-0.39, 0.29) is 12.0 Å². The molecule has 0 fully saturated rings. The van der Waals surface area contributed by atoms with Gasteiger partial charge in [-0.25, -0.2) is 4.79 Å². The number of unbranched alkanes of at least 4 members (excludes halogenated alkanes) is 5.